The SMILES string of the molecule is CC(C)C(C)NC(=O)C1CCN(c2nccn3cnnc23)CC1. The zero-order valence-corrected chi connectivity index (χ0v) is 13.9. The van der Waals surface area contributed by atoms with Crippen LogP contribution in [0.5, 0.6) is 0 Å². The lowest BCUT2D eigenvalue weighted by Crippen LogP contribution is -2.44. The number of fused-ring (bicyclic) bond motifs is 1. The summed E-state index contributed by atoms with van der Waals surface area (Å²) in [5, 5.41) is 11.2. The van der Waals surface area contributed by atoms with Crippen molar-refractivity contribution in [1.82, 2.24) is 24.9 Å². The van der Waals surface area contributed by atoms with Gasteiger partial charge in [0.25, 0.3) is 0 Å². The lowest BCUT2D eigenvalue weighted by molar-refractivity contribution is -0.126. The van der Waals surface area contributed by atoms with Crippen LogP contribution >= 0.6 is 0 Å². The van der Waals surface area contributed by atoms with E-state index in [2.05, 4.69) is 46.2 Å². The molecule has 3 rings (SSSR count). The van der Waals surface area contributed by atoms with Gasteiger partial charge in [-0.25, -0.2) is 4.98 Å². The van der Waals surface area contributed by atoms with E-state index >= 15 is 0 Å². The second kappa shape index (κ2) is 6.52. The van der Waals surface area contributed by atoms with Gasteiger partial charge in [-0.05, 0) is 25.7 Å². The topological polar surface area (TPSA) is 75.4 Å². The van der Waals surface area contributed by atoms with Gasteiger partial charge in [-0.15, -0.1) is 10.2 Å². The Morgan fingerprint density at radius 3 is 2.74 bits per heavy atom. The third kappa shape index (κ3) is 3.28. The molecule has 23 heavy (non-hydrogen) atoms. The van der Waals surface area contributed by atoms with Gasteiger partial charge < -0.3 is 10.2 Å². The van der Waals surface area contributed by atoms with Crippen LogP contribution in [0.15, 0.2) is 18.7 Å². The van der Waals surface area contributed by atoms with Gasteiger partial charge in [-0.2, -0.15) is 0 Å². The Kier molecular flexibility index (Phi) is 4.45. The fourth-order valence-corrected chi connectivity index (χ4v) is 2.83. The minimum Gasteiger partial charge on any atom is -0.353 e. The first-order chi connectivity index (χ1) is 11.1. The molecule has 1 unspecified atom stereocenters. The summed E-state index contributed by atoms with van der Waals surface area (Å²) in [5.41, 5.74) is 0.767. The van der Waals surface area contributed by atoms with Crippen molar-refractivity contribution < 1.29 is 4.79 Å². The Hall–Kier alpha value is -2.18. The molecule has 124 valence electrons. The lowest BCUT2D eigenvalue weighted by Gasteiger charge is -2.32. The normalized spacial score (nSPS) is 17.7. The maximum Gasteiger partial charge on any atom is 0.223 e. The average molecular weight is 316 g/mol. The van der Waals surface area contributed by atoms with Crippen molar-refractivity contribution >= 4 is 17.4 Å². The van der Waals surface area contributed by atoms with Gasteiger partial charge in [0.15, 0.2) is 5.82 Å². The molecule has 3 heterocycles. The molecule has 0 aliphatic carbocycles. The van der Waals surface area contributed by atoms with Crippen LogP contribution in [0.2, 0.25) is 0 Å². The zero-order valence-electron chi connectivity index (χ0n) is 13.9. The maximum absolute atomic E-state index is 12.4. The second-order valence-corrected chi connectivity index (χ2v) is 6.62. The number of piperidine rings is 1. The number of nitrogens with zero attached hydrogens (tertiary/aromatic N) is 5. The third-order valence-corrected chi connectivity index (χ3v) is 4.73. The van der Waals surface area contributed by atoms with Crippen LogP contribution in [-0.2, 0) is 4.79 Å². The van der Waals surface area contributed by atoms with Crippen molar-refractivity contribution in [3.63, 3.8) is 0 Å². The maximum atomic E-state index is 12.4. The minimum absolute atomic E-state index is 0.0880. The number of amides is 1. The summed E-state index contributed by atoms with van der Waals surface area (Å²) in [4.78, 5) is 19.0. The summed E-state index contributed by atoms with van der Waals surface area (Å²) in [6.45, 7) is 7.94. The molecule has 7 nitrogen and oxygen atoms in total. The molecule has 2 aromatic rings. The fourth-order valence-electron chi connectivity index (χ4n) is 2.83. The number of nitrogens with one attached hydrogen (secondary N) is 1. The van der Waals surface area contributed by atoms with Crippen molar-refractivity contribution in [2.75, 3.05) is 18.0 Å². The molecule has 1 amide bonds. The van der Waals surface area contributed by atoms with Crippen LogP contribution in [0, 0.1) is 11.8 Å². The predicted molar refractivity (Wildman–Crippen MR) is 88.2 cm³/mol. The van der Waals surface area contributed by atoms with Gasteiger partial charge >= 0.3 is 0 Å². The highest BCUT2D eigenvalue weighted by Gasteiger charge is 2.27. The van der Waals surface area contributed by atoms with Gasteiger partial charge in [-0.3, -0.25) is 9.20 Å². The van der Waals surface area contributed by atoms with Crippen LogP contribution in [0.25, 0.3) is 5.65 Å². The number of carbonyl (C=O) groups excluding carboxylic acids is 1. The number of carbonyl (C=O) groups is 1. The van der Waals surface area contributed by atoms with Gasteiger partial charge in [0.2, 0.25) is 11.6 Å². The van der Waals surface area contributed by atoms with Crippen molar-refractivity contribution in [3.8, 4) is 0 Å². The van der Waals surface area contributed by atoms with E-state index in [9.17, 15) is 4.79 Å². The standard InChI is InChI=1S/C16H24N6O/c1-11(2)12(3)19-16(23)13-4-7-21(8-5-13)14-15-20-18-10-22(15)9-6-17-14/h6,9-13H,4-5,7-8H2,1-3H3,(H,19,23). The van der Waals surface area contributed by atoms with E-state index in [0.717, 1.165) is 37.4 Å². The van der Waals surface area contributed by atoms with E-state index in [-0.39, 0.29) is 17.9 Å². The first-order valence-electron chi connectivity index (χ1n) is 8.26. The smallest absolute Gasteiger partial charge is 0.223 e. The van der Waals surface area contributed by atoms with E-state index < -0.39 is 0 Å². The second-order valence-electron chi connectivity index (χ2n) is 6.62. The molecule has 0 saturated carbocycles. The van der Waals surface area contributed by atoms with Gasteiger partial charge in [0, 0.05) is 37.4 Å². The van der Waals surface area contributed by atoms with Crippen molar-refractivity contribution in [2.45, 2.75) is 39.7 Å². The summed E-state index contributed by atoms with van der Waals surface area (Å²) in [7, 11) is 0. The third-order valence-electron chi connectivity index (χ3n) is 4.73. The van der Waals surface area contributed by atoms with Gasteiger partial charge in [0.05, 0.1) is 0 Å². The predicted octanol–water partition coefficient (Wildman–Crippen LogP) is 1.50. The van der Waals surface area contributed by atoms with Crippen molar-refractivity contribution in [1.29, 1.82) is 0 Å². The Balaban J connectivity index is 1.62. The largest absolute Gasteiger partial charge is 0.353 e. The Bertz CT molecular complexity index is 674. The van der Waals surface area contributed by atoms with Gasteiger partial charge in [-0.1, -0.05) is 13.8 Å². The first-order valence-corrected chi connectivity index (χ1v) is 8.26. The molecule has 0 bridgehead atoms. The quantitative estimate of drug-likeness (QED) is 0.925. The molecular weight excluding hydrogens is 292 g/mol. The van der Waals surface area contributed by atoms with Crippen LogP contribution < -0.4 is 10.2 Å². The molecule has 1 aliphatic heterocycles. The van der Waals surface area contributed by atoms with E-state index in [4.69, 9.17) is 0 Å². The number of hydrogen-bond donors (Lipinski definition) is 1. The molecular formula is C16H24N6O. The number of hydrogen-bond acceptors (Lipinski definition) is 5. The van der Waals surface area contributed by atoms with E-state index in [1.165, 1.54) is 0 Å². The average Bonchev–Trinajstić information content (AvgIpc) is 3.03. The summed E-state index contributed by atoms with van der Waals surface area (Å²) >= 11 is 0. The molecule has 1 N–H and O–H groups in total. The van der Waals surface area contributed by atoms with Crippen LogP contribution in [0.4, 0.5) is 5.82 Å². The molecule has 1 fully saturated rings. The van der Waals surface area contributed by atoms with E-state index in [1.54, 1.807) is 12.5 Å². The highest BCUT2D eigenvalue weighted by molar-refractivity contribution is 5.79. The highest BCUT2D eigenvalue weighted by atomic mass is 16.1. The Morgan fingerprint density at radius 1 is 1.30 bits per heavy atom. The molecule has 0 aromatic carbocycles. The molecule has 7 heteroatoms. The van der Waals surface area contributed by atoms with Crippen molar-refractivity contribution in [2.24, 2.45) is 11.8 Å². The number of rotatable bonds is 4. The number of anilines is 1. The first kappa shape index (κ1) is 15.7. The van der Waals surface area contributed by atoms with Crippen LogP contribution in [0.1, 0.15) is 33.6 Å². The van der Waals surface area contributed by atoms with Gasteiger partial charge in [0.1, 0.15) is 6.33 Å². The molecule has 1 aliphatic rings. The molecule has 1 atom stereocenters. The van der Waals surface area contributed by atoms with E-state index in [1.807, 2.05) is 10.6 Å². The summed E-state index contributed by atoms with van der Waals surface area (Å²) in [6, 6.07) is 0.215. The Labute approximate surface area is 136 Å². The molecule has 2 aromatic heterocycles. The summed E-state index contributed by atoms with van der Waals surface area (Å²) in [5.74, 6) is 1.57. The monoisotopic (exact) mass is 316 g/mol. The molecule has 0 spiro atoms. The summed E-state index contributed by atoms with van der Waals surface area (Å²) in [6.07, 6.45) is 6.95. The number of aromatic nitrogens is 4. The minimum atomic E-state index is 0.0880. The Morgan fingerprint density at radius 2 is 2.04 bits per heavy atom. The summed E-state index contributed by atoms with van der Waals surface area (Å²) < 4.78 is 1.87. The lowest BCUT2D eigenvalue weighted by atomic mass is 9.95. The highest BCUT2D eigenvalue weighted by Crippen LogP contribution is 2.24. The molecule has 1 saturated heterocycles. The van der Waals surface area contributed by atoms with Crippen LogP contribution in [0.3, 0.4) is 0 Å². The zero-order chi connectivity index (χ0) is 16.4. The van der Waals surface area contributed by atoms with Crippen LogP contribution in [-0.4, -0.2) is 44.6 Å². The van der Waals surface area contributed by atoms with E-state index in [0.29, 0.717) is 5.92 Å². The molecule has 0 radical (unpaired) electrons. The van der Waals surface area contributed by atoms with Crippen molar-refractivity contribution in [3.05, 3.63) is 18.7 Å². The fraction of sp³-hybridized carbons (Fsp3) is 0.625.